The molecular formula is C8H12ClN5. The van der Waals surface area contributed by atoms with Gasteiger partial charge < -0.3 is 10.7 Å². The molecule has 2 aromatic rings. The highest BCUT2D eigenvalue weighted by Crippen LogP contribution is 2.14. The van der Waals surface area contributed by atoms with E-state index in [2.05, 4.69) is 19.9 Å². The van der Waals surface area contributed by atoms with Crippen LogP contribution in [0.1, 0.15) is 18.6 Å². The first-order valence-corrected chi connectivity index (χ1v) is 4.19. The molecule has 0 aliphatic carbocycles. The number of anilines is 1. The van der Waals surface area contributed by atoms with Gasteiger partial charge in [0.25, 0.3) is 0 Å². The fourth-order valence-electron chi connectivity index (χ4n) is 1.25. The number of imidazole rings is 1. The van der Waals surface area contributed by atoms with E-state index in [1.54, 1.807) is 6.92 Å². The zero-order chi connectivity index (χ0) is 9.42. The number of fused-ring (bicyclic) bond motifs is 1. The quantitative estimate of drug-likeness (QED) is 0.747. The fraction of sp³-hybridized carbons (Fsp3) is 0.375. The summed E-state index contributed by atoms with van der Waals surface area (Å²) in [6.07, 6.45) is 0.842. The second-order valence-corrected chi connectivity index (χ2v) is 2.89. The number of hydrogen-bond donors (Lipinski definition) is 2. The number of H-pyrrole nitrogens is 1. The minimum Gasteiger partial charge on any atom is -0.382 e. The van der Waals surface area contributed by atoms with Crippen LogP contribution in [-0.4, -0.2) is 19.9 Å². The zero-order valence-corrected chi connectivity index (χ0v) is 8.85. The van der Waals surface area contributed by atoms with Gasteiger partial charge in [0.2, 0.25) is 0 Å². The first-order valence-electron chi connectivity index (χ1n) is 4.19. The van der Waals surface area contributed by atoms with Gasteiger partial charge in [-0.1, -0.05) is 6.92 Å². The Labute approximate surface area is 87.6 Å². The van der Waals surface area contributed by atoms with Gasteiger partial charge in [0.15, 0.2) is 11.5 Å². The molecule has 2 heterocycles. The van der Waals surface area contributed by atoms with Crippen LogP contribution in [0.4, 0.5) is 5.82 Å². The topological polar surface area (TPSA) is 80.5 Å². The predicted octanol–water partition coefficient (Wildman–Crippen LogP) is 1.23. The Balaban J connectivity index is 0.000000980. The summed E-state index contributed by atoms with van der Waals surface area (Å²) in [5.74, 6) is 2.01. The predicted molar refractivity (Wildman–Crippen MR) is 57.5 cm³/mol. The van der Waals surface area contributed by atoms with Gasteiger partial charge in [-0.3, -0.25) is 0 Å². The Morgan fingerprint density at radius 1 is 1.29 bits per heavy atom. The van der Waals surface area contributed by atoms with E-state index in [1.807, 2.05) is 6.92 Å². The molecule has 14 heavy (non-hydrogen) atoms. The van der Waals surface area contributed by atoms with E-state index in [-0.39, 0.29) is 12.4 Å². The number of aromatic nitrogens is 4. The van der Waals surface area contributed by atoms with Crippen molar-refractivity contribution in [2.75, 3.05) is 5.73 Å². The average Bonchev–Trinajstić information content (AvgIpc) is 2.47. The van der Waals surface area contributed by atoms with Gasteiger partial charge in [0.05, 0.1) is 0 Å². The van der Waals surface area contributed by atoms with Crippen molar-refractivity contribution in [1.82, 2.24) is 19.9 Å². The molecule has 0 bridgehead atoms. The normalized spacial score (nSPS) is 10.1. The van der Waals surface area contributed by atoms with Crippen LogP contribution in [0, 0.1) is 6.92 Å². The first kappa shape index (κ1) is 10.7. The summed E-state index contributed by atoms with van der Waals surface area (Å²) in [4.78, 5) is 15.6. The van der Waals surface area contributed by atoms with Gasteiger partial charge in [-0.25, -0.2) is 15.0 Å². The van der Waals surface area contributed by atoms with Crippen LogP contribution in [0.5, 0.6) is 0 Å². The molecule has 5 nitrogen and oxygen atoms in total. The van der Waals surface area contributed by atoms with Crippen LogP contribution in [0.15, 0.2) is 0 Å². The molecule has 0 saturated carbocycles. The SMILES string of the molecule is CCc1nc2nc(C)nc(N)c2[nH]1.Cl. The molecule has 0 aliphatic heterocycles. The number of rotatable bonds is 1. The number of halogens is 1. The number of nitrogen functional groups attached to an aromatic ring is 1. The Morgan fingerprint density at radius 3 is 2.64 bits per heavy atom. The third-order valence-corrected chi connectivity index (χ3v) is 1.87. The maximum Gasteiger partial charge on any atom is 0.183 e. The third-order valence-electron chi connectivity index (χ3n) is 1.87. The smallest absolute Gasteiger partial charge is 0.183 e. The van der Waals surface area contributed by atoms with Crippen LogP contribution in [-0.2, 0) is 6.42 Å². The molecule has 2 rings (SSSR count). The Hall–Kier alpha value is -1.36. The van der Waals surface area contributed by atoms with E-state index in [0.717, 1.165) is 17.8 Å². The summed E-state index contributed by atoms with van der Waals surface area (Å²) < 4.78 is 0. The Morgan fingerprint density at radius 2 is 2.00 bits per heavy atom. The highest BCUT2D eigenvalue weighted by atomic mass is 35.5. The summed E-state index contributed by atoms with van der Waals surface area (Å²) >= 11 is 0. The molecule has 76 valence electrons. The van der Waals surface area contributed by atoms with Gasteiger partial charge in [-0.2, -0.15) is 0 Å². The molecule has 0 aliphatic rings. The highest BCUT2D eigenvalue weighted by molar-refractivity contribution is 5.85. The summed E-state index contributed by atoms with van der Waals surface area (Å²) in [7, 11) is 0. The minimum atomic E-state index is 0. The molecule has 2 aromatic heterocycles. The van der Waals surface area contributed by atoms with Gasteiger partial charge >= 0.3 is 0 Å². The summed E-state index contributed by atoms with van der Waals surface area (Å²) in [5, 5.41) is 0. The second-order valence-electron chi connectivity index (χ2n) is 2.89. The lowest BCUT2D eigenvalue weighted by molar-refractivity contribution is 0.996. The van der Waals surface area contributed by atoms with Crippen LogP contribution in [0.25, 0.3) is 11.2 Å². The zero-order valence-electron chi connectivity index (χ0n) is 8.03. The van der Waals surface area contributed by atoms with Gasteiger partial charge in [-0.05, 0) is 6.92 Å². The van der Waals surface area contributed by atoms with Crippen molar-refractivity contribution in [1.29, 1.82) is 0 Å². The fourth-order valence-corrected chi connectivity index (χ4v) is 1.25. The lowest BCUT2D eigenvalue weighted by Gasteiger charge is -1.94. The van der Waals surface area contributed by atoms with E-state index in [0.29, 0.717) is 17.3 Å². The van der Waals surface area contributed by atoms with Crippen LogP contribution in [0.3, 0.4) is 0 Å². The van der Waals surface area contributed by atoms with E-state index in [9.17, 15) is 0 Å². The molecule has 0 unspecified atom stereocenters. The maximum atomic E-state index is 5.70. The summed E-state index contributed by atoms with van der Waals surface area (Å²) in [6, 6.07) is 0. The van der Waals surface area contributed by atoms with Gasteiger partial charge in [-0.15, -0.1) is 12.4 Å². The number of nitrogens with two attached hydrogens (primary N) is 1. The van der Waals surface area contributed by atoms with Crippen molar-refractivity contribution in [2.45, 2.75) is 20.3 Å². The third kappa shape index (κ3) is 1.63. The van der Waals surface area contributed by atoms with Gasteiger partial charge in [0.1, 0.15) is 17.2 Å². The lowest BCUT2D eigenvalue weighted by Crippen LogP contribution is -1.96. The second kappa shape index (κ2) is 3.79. The van der Waals surface area contributed by atoms with E-state index in [1.165, 1.54) is 0 Å². The number of aryl methyl sites for hydroxylation is 2. The lowest BCUT2D eigenvalue weighted by atomic mass is 10.5. The molecule has 3 N–H and O–H groups in total. The van der Waals surface area contributed by atoms with E-state index in [4.69, 9.17) is 5.73 Å². The molecule has 0 saturated heterocycles. The molecule has 0 radical (unpaired) electrons. The maximum absolute atomic E-state index is 5.70. The monoisotopic (exact) mass is 213 g/mol. The minimum absolute atomic E-state index is 0. The van der Waals surface area contributed by atoms with E-state index < -0.39 is 0 Å². The number of nitrogens with zero attached hydrogens (tertiary/aromatic N) is 3. The van der Waals surface area contributed by atoms with Crippen LogP contribution in [0.2, 0.25) is 0 Å². The molecule has 0 spiro atoms. The van der Waals surface area contributed by atoms with Crippen LogP contribution < -0.4 is 5.73 Å². The molecule has 0 amide bonds. The molecule has 0 atom stereocenters. The molecular weight excluding hydrogens is 202 g/mol. The Bertz CT molecular complexity index is 450. The van der Waals surface area contributed by atoms with Crippen molar-refractivity contribution < 1.29 is 0 Å². The first-order chi connectivity index (χ1) is 6.20. The summed E-state index contributed by atoms with van der Waals surface area (Å²) in [6.45, 7) is 3.82. The highest BCUT2D eigenvalue weighted by Gasteiger charge is 2.07. The molecule has 6 heteroatoms. The van der Waals surface area contributed by atoms with Crippen LogP contribution >= 0.6 is 12.4 Å². The number of aromatic amines is 1. The Kier molecular flexibility index (Phi) is 2.90. The standard InChI is InChI=1S/C8H11N5.ClH/c1-3-5-12-6-7(9)10-4(2)11-8(6)13-5;/h3H2,1-2H3,(H3,9,10,11,12,13);1H. The van der Waals surface area contributed by atoms with Crippen molar-refractivity contribution in [2.24, 2.45) is 0 Å². The largest absolute Gasteiger partial charge is 0.382 e. The van der Waals surface area contributed by atoms with Crippen molar-refractivity contribution in [3.8, 4) is 0 Å². The van der Waals surface area contributed by atoms with Crippen molar-refractivity contribution >= 4 is 29.4 Å². The van der Waals surface area contributed by atoms with Gasteiger partial charge in [0, 0.05) is 6.42 Å². The van der Waals surface area contributed by atoms with E-state index >= 15 is 0 Å². The molecule has 0 aromatic carbocycles. The van der Waals surface area contributed by atoms with Crippen molar-refractivity contribution in [3.63, 3.8) is 0 Å². The number of nitrogens with one attached hydrogen (secondary N) is 1. The number of hydrogen-bond acceptors (Lipinski definition) is 4. The molecule has 0 fully saturated rings. The summed E-state index contributed by atoms with van der Waals surface area (Å²) in [5.41, 5.74) is 7.10. The average molecular weight is 214 g/mol. The van der Waals surface area contributed by atoms with Crippen molar-refractivity contribution in [3.05, 3.63) is 11.6 Å².